The predicted molar refractivity (Wildman–Crippen MR) is 124 cm³/mol. The average Bonchev–Trinajstić information content (AvgIpc) is 2.82. The Morgan fingerprint density at radius 3 is 2.67 bits per heavy atom. The zero-order chi connectivity index (χ0) is 23.2. The maximum Gasteiger partial charge on any atom is 0.282 e. The number of rotatable bonds is 8. The van der Waals surface area contributed by atoms with E-state index >= 15 is 0 Å². The Kier molecular flexibility index (Phi) is 6.94. The van der Waals surface area contributed by atoms with Gasteiger partial charge >= 0.3 is 0 Å². The molecule has 1 N–H and O–H groups in total. The number of halogens is 1. The molecule has 4 rings (SSSR count). The third-order valence-corrected chi connectivity index (χ3v) is 5.58. The first-order valence-corrected chi connectivity index (χ1v) is 11.1. The lowest BCUT2D eigenvalue weighted by atomic mass is 10.2. The van der Waals surface area contributed by atoms with E-state index in [-0.39, 0.29) is 40.7 Å². The molecule has 1 amide bonds. The van der Waals surface area contributed by atoms with Crippen LogP contribution in [0.3, 0.4) is 0 Å². The fourth-order valence-electron chi connectivity index (χ4n) is 3.12. The molecule has 0 atom stereocenters. The highest BCUT2D eigenvalue weighted by atomic mass is 32.2. The fourth-order valence-corrected chi connectivity index (χ4v) is 3.91. The molecule has 0 bridgehead atoms. The lowest BCUT2D eigenvalue weighted by molar-refractivity contribution is -0.113. The van der Waals surface area contributed by atoms with E-state index in [0.29, 0.717) is 28.8 Å². The molecule has 0 aliphatic carbocycles. The van der Waals surface area contributed by atoms with Crippen molar-refractivity contribution >= 4 is 34.5 Å². The van der Waals surface area contributed by atoms with Crippen molar-refractivity contribution in [2.45, 2.75) is 18.6 Å². The van der Waals surface area contributed by atoms with Crippen molar-refractivity contribution in [3.05, 3.63) is 82.7 Å². The lowest BCUT2D eigenvalue weighted by Gasteiger charge is -2.13. The van der Waals surface area contributed by atoms with E-state index < -0.39 is 0 Å². The summed E-state index contributed by atoms with van der Waals surface area (Å²) in [6, 6.07) is 13.0. The van der Waals surface area contributed by atoms with Crippen LogP contribution in [-0.2, 0) is 11.3 Å². The summed E-state index contributed by atoms with van der Waals surface area (Å²) >= 11 is 1.10. The van der Waals surface area contributed by atoms with Crippen molar-refractivity contribution in [3.8, 4) is 5.75 Å². The quantitative estimate of drug-likeness (QED) is 0.314. The fraction of sp³-hybridized carbons (Fsp3) is 0.174. The number of ether oxygens (including phenoxy) is 1. The molecule has 168 valence electrons. The van der Waals surface area contributed by atoms with Gasteiger partial charge in [0.25, 0.3) is 5.56 Å². The molecule has 4 aromatic rings. The number of carbonyl (C=O) groups excluding carboxylic acids is 1. The molecule has 0 aliphatic rings. The number of anilines is 1. The van der Waals surface area contributed by atoms with Crippen LogP contribution in [0.15, 0.2) is 70.9 Å². The Bertz CT molecular complexity index is 1340. The normalized spacial score (nSPS) is 10.8. The van der Waals surface area contributed by atoms with Crippen LogP contribution in [-0.4, -0.2) is 37.8 Å². The van der Waals surface area contributed by atoms with Crippen molar-refractivity contribution in [2.75, 3.05) is 17.7 Å². The van der Waals surface area contributed by atoms with Crippen molar-refractivity contribution in [1.82, 2.24) is 19.5 Å². The largest absolute Gasteiger partial charge is 0.492 e. The van der Waals surface area contributed by atoms with E-state index in [9.17, 15) is 14.0 Å². The van der Waals surface area contributed by atoms with Crippen LogP contribution in [0.25, 0.3) is 11.2 Å². The molecule has 8 nitrogen and oxygen atoms in total. The molecule has 0 aliphatic heterocycles. The molecule has 33 heavy (non-hydrogen) atoms. The third kappa shape index (κ3) is 5.35. The van der Waals surface area contributed by atoms with Crippen molar-refractivity contribution in [3.63, 3.8) is 0 Å². The Balaban J connectivity index is 1.59. The smallest absolute Gasteiger partial charge is 0.282 e. The standard InChI is InChI=1S/C23H20FN5O3S/c1-2-32-18-6-4-3-5-17(18)27-19(30)14-33-23-28-21-20(25-11-12-26-21)22(31)29(23)13-15-7-9-16(24)10-8-15/h3-12H,2,13-14H2,1H3,(H,27,30). The van der Waals surface area contributed by atoms with E-state index in [1.807, 2.05) is 13.0 Å². The Hall–Kier alpha value is -3.79. The Morgan fingerprint density at radius 1 is 1.12 bits per heavy atom. The summed E-state index contributed by atoms with van der Waals surface area (Å²) in [4.78, 5) is 38.4. The number of benzene rings is 2. The SMILES string of the molecule is CCOc1ccccc1NC(=O)CSc1nc2nccnc2c(=O)n1Cc1ccc(F)cc1. The number of aromatic nitrogens is 4. The number of para-hydroxylation sites is 2. The molecule has 0 saturated heterocycles. The van der Waals surface area contributed by atoms with E-state index in [4.69, 9.17) is 4.74 Å². The second kappa shape index (κ2) is 10.2. The topological polar surface area (TPSA) is 99.0 Å². The number of carbonyl (C=O) groups is 1. The minimum absolute atomic E-state index is 0.00207. The molecular formula is C23H20FN5O3S. The molecule has 0 saturated carbocycles. The number of thioether (sulfide) groups is 1. The van der Waals surface area contributed by atoms with Gasteiger partial charge in [0.05, 0.1) is 24.6 Å². The van der Waals surface area contributed by atoms with Gasteiger partial charge in [0.2, 0.25) is 5.91 Å². The van der Waals surface area contributed by atoms with E-state index in [1.165, 1.54) is 29.1 Å². The summed E-state index contributed by atoms with van der Waals surface area (Å²) in [6.45, 7) is 2.48. The first-order chi connectivity index (χ1) is 16.0. The Morgan fingerprint density at radius 2 is 1.88 bits per heavy atom. The number of fused-ring (bicyclic) bond motifs is 1. The molecular weight excluding hydrogens is 445 g/mol. The molecule has 0 fully saturated rings. The minimum atomic E-state index is -0.387. The Labute approximate surface area is 192 Å². The molecule has 10 heteroatoms. The summed E-state index contributed by atoms with van der Waals surface area (Å²) in [5, 5.41) is 3.13. The van der Waals surface area contributed by atoms with Gasteiger partial charge in [-0.05, 0) is 36.8 Å². The number of hydrogen-bond donors (Lipinski definition) is 1. The zero-order valence-corrected chi connectivity index (χ0v) is 18.5. The second-order valence-electron chi connectivity index (χ2n) is 6.91. The number of hydrogen-bond acceptors (Lipinski definition) is 7. The maximum absolute atomic E-state index is 13.3. The summed E-state index contributed by atoms with van der Waals surface area (Å²) in [5.41, 5.74) is 1.20. The maximum atomic E-state index is 13.3. The first kappa shape index (κ1) is 22.4. The third-order valence-electron chi connectivity index (χ3n) is 4.61. The van der Waals surface area contributed by atoms with Gasteiger partial charge in [0.1, 0.15) is 11.6 Å². The van der Waals surface area contributed by atoms with Gasteiger partial charge in [0, 0.05) is 12.4 Å². The number of nitrogens with one attached hydrogen (secondary N) is 1. The van der Waals surface area contributed by atoms with Gasteiger partial charge in [0.15, 0.2) is 16.3 Å². The highest BCUT2D eigenvalue weighted by Gasteiger charge is 2.16. The highest BCUT2D eigenvalue weighted by molar-refractivity contribution is 7.99. The van der Waals surface area contributed by atoms with Crippen LogP contribution >= 0.6 is 11.8 Å². The van der Waals surface area contributed by atoms with Crippen molar-refractivity contribution in [2.24, 2.45) is 0 Å². The summed E-state index contributed by atoms with van der Waals surface area (Å²) in [5.74, 6) is -0.0749. The summed E-state index contributed by atoms with van der Waals surface area (Å²) in [6.07, 6.45) is 2.87. The summed E-state index contributed by atoms with van der Waals surface area (Å²) in [7, 11) is 0. The molecule has 0 unspecified atom stereocenters. The molecule has 2 heterocycles. The van der Waals surface area contributed by atoms with Crippen LogP contribution in [0, 0.1) is 5.82 Å². The average molecular weight is 466 g/mol. The zero-order valence-electron chi connectivity index (χ0n) is 17.7. The van der Waals surface area contributed by atoms with Crippen LogP contribution in [0.2, 0.25) is 0 Å². The molecule has 0 radical (unpaired) electrons. The van der Waals surface area contributed by atoms with E-state index in [2.05, 4.69) is 20.3 Å². The van der Waals surface area contributed by atoms with Crippen molar-refractivity contribution < 1.29 is 13.9 Å². The van der Waals surface area contributed by atoms with E-state index in [0.717, 1.165) is 11.8 Å². The summed E-state index contributed by atoms with van der Waals surface area (Å²) < 4.78 is 20.3. The van der Waals surface area contributed by atoms with Crippen LogP contribution in [0.4, 0.5) is 10.1 Å². The van der Waals surface area contributed by atoms with Crippen LogP contribution < -0.4 is 15.6 Å². The first-order valence-electron chi connectivity index (χ1n) is 10.2. The lowest BCUT2D eigenvalue weighted by Crippen LogP contribution is -2.26. The number of amides is 1. The molecule has 2 aromatic carbocycles. The van der Waals surface area contributed by atoms with Gasteiger partial charge in [-0.3, -0.25) is 14.2 Å². The van der Waals surface area contributed by atoms with E-state index in [1.54, 1.807) is 30.3 Å². The monoisotopic (exact) mass is 465 g/mol. The minimum Gasteiger partial charge on any atom is -0.492 e. The highest BCUT2D eigenvalue weighted by Crippen LogP contribution is 2.24. The van der Waals surface area contributed by atoms with Crippen molar-refractivity contribution in [1.29, 1.82) is 0 Å². The van der Waals surface area contributed by atoms with Crippen LogP contribution in [0.5, 0.6) is 5.75 Å². The van der Waals surface area contributed by atoms with Crippen LogP contribution in [0.1, 0.15) is 12.5 Å². The van der Waals surface area contributed by atoms with Gasteiger partial charge < -0.3 is 10.1 Å². The van der Waals surface area contributed by atoms with Gasteiger partial charge in [-0.1, -0.05) is 36.0 Å². The molecule has 2 aromatic heterocycles. The second-order valence-corrected chi connectivity index (χ2v) is 7.85. The van der Waals surface area contributed by atoms with Gasteiger partial charge in [-0.15, -0.1) is 0 Å². The number of nitrogens with zero attached hydrogens (tertiary/aromatic N) is 4. The predicted octanol–water partition coefficient (Wildman–Crippen LogP) is 3.50. The van der Waals surface area contributed by atoms with Gasteiger partial charge in [-0.25, -0.2) is 19.3 Å². The molecule has 0 spiro atoms. The van der Waals surface area contributed by atoms with Gasteiger partial charge in [-0.2, -0.15) is 0 Å².